The van der Waals surface area contributed by atoms with Gasteiger partial charge >= 0.3 is 11.8 Å². The van der Waals surface area contributed by atoms with Gasteiger partial charge in [-0.05, 0) is 37.0 Å². The molecule has 1 saturated carbocycles. The zero-order valence-electron chi connectivity index (χ0n) is 15.0. The molecule has 1 heterocycles. The molecule has 1 aliphatic carbocycles. The molecule has 0 aromatic heterocycles. The lowest BCUT2D eigenvalue weighted by molar-refractivity contribution is -0.139. The first-order valence-electron chi connectivity index (χ1n) is 9.19. The van der Waals surface area contributed by atoms with Crippen molar-refractivity contribution in [3.05, 3.63) is 35.6 Å². The fraction of sp³-hybridized carbons (Fsp3) is 0.556. The van der Waals surface area contributed by atoms with E-state index in [1.807, 2.05) is 0 Å². The van der Waals surface area contributed by atoms with E-state index < -0.39 is 21.8 Å². The van der Waals surface area contributed by atoms with Crippen LogP contribution in [0.5, 0.6) is 0 Å². The predicted molar refractivity (Wildman–Crippen MR) is 97.9 cm³/mol. The van der Waals surface area contributed by atoms with Crippen molar-refractivity contribution < 1.29 is 22.4 Å². The maximum atomic E-state index is 13.1. The number of rotatable bonds is 5. The Hall–Kier alpha value is -2.00. The van der Waals surface area contributed by atoms with Crippen molar-refractivity contribution in [2.75, 3.05) is 25.4 Å². The molecule has 27 heavy (non-hydrogen) atoms. The van der Waals surface area contributed by atoms with E-state index in [2.05, 4.69) is 10.6 Å². The molecule has 2 fully saturated rings. The Bertz CT molecular complexity index is 797. The van der Waals surface area contributed by atoms with Crippen molar-refractivity contribution in [2.45, 2.75) is 37.6 Å². The maximum absolute atomic E-state index is 13.1. The monoisotopic (exact) mass is 397 g/mol. The first-order valence-corrected chi connectivity index (χ1v) is 10.8. The second kappa shape index (κ2) is 8.35. The summed E-state index contributed by atoms with van der Waals surface area (Å²) in [5.74, 6) is -1.61. The second-order valence-electron chi connectivity index (χ2n) is 6.99. The Morgan fingerprint density at radius 3 is 2.52 bits per heavy atom. The largest absolute Gasteiger partial charge is 0.347 e. The van der Waals surface area contributed by atoms with Gasteiger partial charge in [-0.1, -0.05) is 18.6 Å². The molecule has 9 heteroatoms. The van der Waals surface area contributed by atoms with Crippen molar-refractivity contribution >= 4 is 21.8 Å². The highest BCUT2D eigenvalue weighted by atomic mass is 32.2. The van der Waals surface area contributed by atoms with E-state index >= 15 is 0 Å². The number of carbonyl (C=O) groups excluding carboxylic acids is 2. The van der Waals surface area contributed by atoms with Gasteiger partial charge in [-0.25, -0.2) is 17.1 Å². The Morgan fingerprint density at radius 1 is 1.11 bits per heavy atom. The summed E-state index contributed by atoms with van der Waals surface area (Å²) in [6, 6.07) is 6.03. The first-order chi connectivity index (χ1) is 12.9. The maximum Gasteiger partial charge on any atom is 0.309 e. The van der Waals surface area contributed by atoms with Crippen molar-refractivity contribution in [1.29, 1.82) is 0 Å². The van der Waals surface area contributed by atoms with Crippen LogP contribution in [0.2, 0.25) is 0 Å². The molecule has 1 aliphatic heterocycles. The number of amides is 2. The molecule has 0 bridgehead atoms. The molecule has 2 N–H and O–H groups in total. The van der Waals surface area contributed by atoms with Crippen LogP contribution in [0.15, 0.2) is 24.3 Å². The predicted octanol–water partition coefficient (Wildman–Crippen LogP) is 0.730. The SMILES string of the molecule is O=C(NCCN1CCCS1(=O)=O)C(=O)N[C@@H]1CCC[C@H]1c1ccc(F)cc1. The normalized spacial score (nSPS) is 24.6. The van der Waals surface area contributed by atoms with Gasteiger partial charge in [0.1, 0.15) is 5.82 Å². The first kappa shape index (κ1) is 19.8. The molecule has 0 radical (unpaired) electrons. The average molecular weight is 397 g/mol. The summed E-state index contributed by atoms with van der Waals surface area (Å²) in [6.45, 7) is 0.715. The average Bonchev–Trinajstić information content (AvgIpc) is 3.21. The van der Waals surface area contributed by atoms with Crippen molar-refractivity contribution in [3.63, 3.8) is 0 Å². The summed E-state index contributed by atoms with van der Waals surface area (Å²) < 4.78 is 37.8. The van der Waals surface area contributed by atoms with Gasteiger partial charge in [-0.2, -0.15) is 0 Å². The number of halogens is 1. The van der Waals surface area contributed by atoms with Crippen LogP contribution in [0.25, 0.3) is 0 Å². The third-order valence-corrected chi connectivity index (χ3v) is 7.14. The van der Waals surface area contributed by atoms with Crippen LogP contribution >= 0.6 is 0 Å². The fourth-order valence-corrected chi connectivity index (χ4v) is 5.32. The van der Waals surface area contributed by atoms with Crippen molar-refractivity contribution in [1.82, 2.24) is 14.9 Å². The van der Waals surface area contributed by atoms with Gasteiger partial charge in [-0.15, -0.1) is 0 Å². The van der Waals surface area contributed by atoms with Crippen LogP contribution in [-0.2, 0) is 19.6 Å². The van der Waals surface area contributed by atoms with Crippen LogP contribution in [-0.4, -0.2) is 56.0 Å². The minimum Gasteiger partial charge on any atom is -0.347 e. The third-order valence-electron chi connectivity index (χ3n) is 5.19. The molecule has 2 aliphatic rings. The topological polar surface area (TPSA) is 95.6 Å². The highest BCUT2D eigenvalue weighted by Crippen LogP contribution is 2.34. The summed E-state index contributed by atoms with van der Waals surface area (Å²) in [5.41, 5.74) is 0.943. The summed E-state index contributed by atoms with van der Waals surface area (Å²) in [7, 11) is -3.21. The number of carbonyl (C=O) groups is 2. The highest BCUT2D eigenvalue weighted by molar-refractivity contribution is 7.89. The Balaban J connectivity index is 1.48. The molecule has 1 aromatic carbocycles. The van der Waals surface area contributed by atoms with E-state index in [1.165, 1.54) is 16.4 Å². The van der Waals surface area contributed by atoms with Gasteiger partial charge in [-0.3, -0.25) is 9.59 Å². The van der Waals surface area contributed by atoms with Gasteiger partial charge in [0, 0.05) is 31.6 Å². The Labute approximate surface area is 158 Å². The summed E-state index contributed by atoms with van der Waals surface area (Å²) >= 11 is 0. The molecule has 3 rings (SSSR count). The zero-order valence-corrected chi connectivity index (χ0v) is 15.8. The lowest BCUT2D eigenvalue weighted by Gasteiger charge is -2.21. The number of nitrogens with zero attached hydrogens (tertiary/aromatic N) is 1. The Kier molecular flexibility index (Phi) is 6.11. The summed E-state index contributed by atoms with van der Waals surface area (Å²) in [6.07, 6.45) is 3.13. The van der Waals surface area contributed by atoms with E-state index in [0.29, 0.717) is 13.0 Å². The highest BCUT2D eigenvalue weighted by Gasteiger charge is 2.32. The number of benzene rings is 1. The number of sulfonamides is 1. The van der Waals surface area contributed by atoms with E-state index in [-0.39, 0.29) is 36.6 Å². The summed E-state index contributed by atoms with van der Waals surface area (Å²) in [4.78, 5) is 24.2. The van der Waals surface area contributed by atoms with Crippen molar-refractivity contribution in [2.24, 2.45) is 0 Å². The van der Waals surface area contributed by atoms with Gasteiger partial charge < -0.3 is 10.6 Å². The lowest BCUT2D eigenvalue weighted by Crippen LogP contribution is -2.47. The van der Waals surface area contributed by atoms with Crippen LogP contribution in [0, 0.1) is 5.82 Å². The quantitative estimate of drug-likeness (QED) is 0.716. The number of hydrogen-bond donors (Lipinski definition) is 2. The standard InChI is InChI=1S/C18H24FN3O4S/c19-14-7-5-13(6-8-14)15-3-1-4-16(15)21-18(24)17(23)20-9-11-22-10-2-12-27(22,25)26/h5-8,15-16H,1-4,9-12H2,(H,20,23)(H,21,24)/t15-,16+/m0/s1. The van der Waals surface area contributed by atoms with Crippen LogP contribution in [0.3, 0.4) is 0 Å². The van der Waals surface area contributed by atoms with Crippen molar-refractivity contribution in [3.8, 4) is 0 Å². The molecular formula is C18H24FN3O4S. The second-order valence-corrected chi connectivity index (χ2v) is 9.08. The van der Waals surface area contributed by atoms with Gasteiger partial charge in [0.2, 0.25) is 10.0 Å². The molecule has 1 aromatic rings. The zero-order chi connectivity index (χ0) is 19.4. The lowest BCUT2D eigenvalue weighted by atomic mass is 9.94. The van der Waals surface area contributed by atoms with E-state index in [9.17, 15) is 22.4 Å². The molecule has 2 atom stereocenters. The minimum absolute atomic E-state index is 0.0529. The molecule has 7 nitrogen and oxygen atoms in total. The van der Waals surface area contributed by atoms with Gasteiger partial charge in [0.15, 0.2) is 0 Å². The van der Waals surface area contributed by atoms with Gasteiger partial charge in [0.05, 0.1) is 5.75 Å². The third kappa shape index (κ3) is 4.84. The van der Waals surface area contributed by atoms with Crippen LogP contribution in [0.4, 0.5) is 4.39 Å². The molecule has 0 spiro atoms. The van der Waals surface area contributed by atoms with Crippen LogP contribution in [0.1, 0.15) is 37.2 Å². The molecule has 148 valence electrons. The summed E-state index contributed by atoms with van der Waals surface area (Å²) in [5, 5.41) is 5.24. The van der Waals surface area contributed by atoms with E-state index in [0.717, 1.165) is 24.8 Å². The number of hydrogen-bond acceptors (Lipinski definition) is 4. The van der Waals surface area contributed by atoms with Crippen LogP contribution < -0.4 is 10.6 Å². The fourth-order valence-electron chi connectivity index (χ4n) is 3.79. The van der Waals surface area contributed by atoms with E-state index in [1.54, 1.807) is 12.1 Å². The number of nitrogens with one attached hydrogen (secondary N) is 2. The van der Waals surface area contributed by atoms with E-state index in [4.69, 9.17) is 0 Å². The minimum atomic E-state index is -3.21. The molecule has 0 unspecified atom stereocenters. The molecule has 2 amide bonds. The smallest absolute Gasteiger partial charge is 0.309 e. The Morgan fingerprint density at radius 2 is 1.85 bits per heavy atom. The molecular weight excluding hydrogens is 373 g/mol. The molecule has 1 saturated heterocycles. The van der Waals surface area contributed by atoms with Gasteiger partial charge in [0.25, 0.3) is 0 Å².